The van der Waals surface area contributed by atoms with Crippen molar-refractivity contribution in [1.29, 1.82) is 0 Å². The van der Waals surface area contributed by atoms with Crippen LogP contribution in [0.1, 0.15) is 23.5 Å². The van der Waals surface area contributed by atoms with Gasteiger partial charge in [0.05, 0.1) is 11.7 Å². The Bertz CT molecular complexity index is 1220. The van der Waals surface area contributed by atoms with Crippen LogP contribution < -0.4 is 10.2 Å². The van der Waals surface area contributed by atoms with E-state index in [0.29, 0.717) is 15.2 Å². The fraction of sp³-hybridized carbons (Fsp3) is 0.0833. The highest BCUT2D eigenvalue weighted by atomic mass is 35.5. The lowest BCUT2D eigenvalue weighted by Gasteiger charge is -2.29. The first-order valence-corrected chi connectivity index (χ1v) is 11.0. The first-order chi connectivity index (χ1) is 15.1. The van der Waals surface area contributed by atoms with Gasteiger partial charge in [-0.25, -0.2) is 0 Å². The summed E-state index contributed by atoms with van der Waals surface area (Å²) < 4.78 is 2.14. The molecule has 2 atom stereocenters. The summed E-state index contributed by atoms with van der Waals surface area (Å²) in [5.74, 6) is 0. The van der Waals surface area contributed by atoms with Crippen LogP contribution in [0.25, 0.3) is 5.69 Å². The van der Waals surface area contributed by atoms with Crippen LogP contribution in [0, 0.1) is 0 Å². The molecule has 3 heterocycles. The lowest BCUT2D eigenvalue weighted by molar-refractivity contribution is 0.549. The van der Waals surface area contributed by atoms with Gasteiger partial charge in [0.25, 0.3) is 0 Å². The molecular formula is C24H18Cl2N4S. The quantitative estimate of drug-likeness (QED) is 0.356. The van der Waals surface area contributed by atoms with Crippen LogP contribution in [0.5, 0.6) is 0 Å². The van der Waals surface area contributed by atoms with Crippen molar-refractivity contribution in [2.75, 3.05) is 4.90 Å². The largest absolute Gasteiger partial charge is 0.351 e. The summed E-state index contributed by atoms with van der Waals surface area (Å²) in [6.45, 7) is 0. The molecule has 0 saturated carbocycles. The average molecular weight is 465 g/mol. The first-order valence-electron chi connectivity index (χ1n) is 9.81. The van der Waals surface area contributed by atoms with E-state index in [2.05, 4.69) is 25.8 Å². The highest BCUT2D eigenvalue weighted by molar-refractivity contribution is 7.80. The van der Waals surface area contributed by atoms with E-state index in [4.69, 9.17) is 35.4 Å². The van der Waals surface area contributed by atoms with Gasteiger partial charge in [-0.15, -0.1) is 0 Å². The summed E-state index contributed by atoms with van der Waals surface area (Å²) in [5, 5.41) is 5.50. The van der Waals surface area contributed by atoms with Crippen LogP contribution in [0.2, 0.25) is 10.0 Å². The average Bonchev–Trinajstić information content (AvgIpc) is 3.39. The van der Waals surface area contributed by atoms with Crippen molar-refractivity contribution >= 4 is 46.2 Å². The van der Waals surface area contributed by atoms with Gasteiger partial charge in [-0.2, -0.15) is 0 Å². The number of pyridine rings is 1. The summed E-state index contributed by atoms with van der Waals surface area (Å²) >= 11 is 18.2. The van der Waals surface area contributed by atoms with Crippen LogP contribution in [0.4, 0.5) is 5.69 Å². The number of benzene rings is 2. The number of hydrogen-bond acceptors (Lipinski definition) is 2. The Labute approximate surface area is 196 Å². The third-order valence-corrected chi connectivity index (χ3v) is 6.17. The molecule has 4 aromatic rings. The number of rotatable bonds is 4. The summed E-state index contributed by atoms with van der Waals surface area (Å²) in [5.41, 5.74) is 3.94. The van der Waals surface area contributed by atoms with Crippen molar-refractivity contribution in [2.45, 2.75) is 12.1 Å². The van der Waals surface area contributed by atoms with Gasteiger partial charge in [0, 0.05) is 39.5 Å². The fourth-order valence-corrected chi connectivity index (χ4v) is 4.69. The number of nitrogens with one attached hydrogen (secondary N) is 1. The zero-order chi connectivity index (χ0) is 21.4. The van der Waals surface area contributed by atoms with E-state index in [1.165, 1.54) is 0 Å². The first kappa shape index (κ1) is 20.1. The molecule has 1 aliphatic rings. The molecule has 2 aromatic heterocycles. The standard InChI is InChI=1S/C24H18Cl2N4S/c25-16-9-11-18(12-10-16)30-23(22(28-24(30)31)20-7-1-2-13-27-20)21-8-4-14-29(21)19-6-3-5-17(26)15-19/h1-15,22-23H,(H,28,31)/t22-,23-/m0/s1. The summed E-state index contributed by atoms with van der Waals surface area (Å²) in [6, 6.07) is 25.3. The molecule has 5 rings (SSSR count). The Morgan fingerprint density at radius 3 is 2.42 bits per heavy atom. The smallest absolute Gasteiger partial charge is 0.174 e. The third-order valence-electron chi connectivity index (χ3n) is 5.37. The summed E-state index contributed by atoms with van der Waals surface area (Å²) in [6.07, 6.45) is 3.84. The minimum atomic E-state index is -0.128. The van der Waals surface area contributed by atoms with Crippen molar-refractivity contribution < 1.29 is 0 Å². The van der Waals surface area contributed by atoms with Crippen molar-refractivity contribution in [1.82, 2.24) is 14.9 Å². The molecule has 1 fully saturated rings. The lowest BCUT2D eigenvalue weighted by atomic mass is 10.0. The zero-order valence-electron chi connectivity index (χ0n) is 16.3. The van der Waals surface area contributed by atoms with E-state index in [-0.39, 0.29) is 12.1 Å². The van der Waals surface area contributed by atoms with Gasteiger partial charge in [0.15, 0.2) is 5.11 Å². The van der Waals surface area contributed by atoms with Gasteiger partial charge in [-0.1, -0.05) is 35.3 Å². The number of hydrogen-bond donors (Lipinski definition) is 1. The highest BCUT2D eigenvalue weighted by Crippen LogP contribution is 2.42. The van der Waals surface area contributed by atoms with Gasteiger partial charge < -0.3 is 14.8 Å². The fourth-order valence-electron chi connectivity index (χ4n) is 4.03. The van der Waals surface area contributed by atoms with E-state index >= 15 is 0 Å². The Morgan fingerprint density at radius 1 is 0.839 bits per heavy atom. The maximum absolute atomic E-state index is 6.28. The topological polar surface area (TPSA) is 33.1 Å². The molecule has 2 aromatic carbocycles. The molecular weight excluding hydrogens is 447 g/mol. The molecule has 0 unspecified atom stereocenters. The molecule has 0 amide bonds. The third kappa shape index (κ3) is 3.81. The van der Waals surface area contributed by atoms with Crippen molar-refractivity contribution in [3.05, 3.63) is 113 Å². The SMILES string of the molecule is S=C1N[C@@H](c2ccccn2)[C@H](c2cccn2-c2cccc(Cl)c2)N1c1ccc(Cl)cc1. The highest BCUT2D eigenvalue weighted by Gasteiger charge is 2.42. The van der Waals surface area contributed by atoms with E-state index in [0.717, 1.165) is 22.8 Å². The Morgan fingerprint density at radius 2 is 1.68 bits per heavy atom. The maximum Gasteiger partial charge on any atom is 0.174 e. The number of halogens is 2. The number of thiocarbonyl (C=S) groups is 1. The van der Waals surface area contributed by atoms with E-state index < -0.39 is 0 Å². The number of aromatic nitrogens is 2. The molecule has 0 aliphatic carbocycles. The molecule has 4 nitrogen and oxygen atoms in total. The molecule has 0 spiro atoms. The van der Waals surface area contributed by atoms with Crippen molar-refractivity contribution in [3.63, 3.8) is 0 Å². The van der Waals surface area contributed by atoms with E-state index in [1.54, 1.807) is 6.20 Å². The lowest BCUT2D eigenvalue weighted by Crippen LogP contribution is -2.30. The van der Waals surface area contributed by atoms with E-state index in [1.807, 2.05) is 79.0 Å². The summed E-state index contributed by atoms with van der Waals surface area (Å²) in [4.78, 5) is 6.74. The molecule has 31 heavy (non-hydrogen) atoms. The molecule has 0 radical (unpaired) electrons. The summed E-state index contributed by atoms with van der Waals surface area (Å²) in [7, 11) is 0. The predicted octanol–water partition coefficient (Wildman–Crippen LogP) is 6.36. The van der Waals surface area contributed by atoms with Crippen LogP contribution in [0.15, 0.2) is 91.3 Å². The Hall–Kier alpha value is -2.86. The van der Waals surface area contributed by atoms with E-state index in [9.17, 15) is 0 Å². The zero-order valence-corrected chi connectivity index (χ0v) is 18.6. The van der Waals surface area contributed by atoms with Gasteiger partial charge in [0.1, 0.15) is 6.04 Å². The second-order valence-corrected chi connectivity index (χ2v) is 8.52. The molecule has 0 bridgehead atoms. The van der Waals surface area contributed by atoms with Crippen LogP contribution >= 0.6 is 35.4 Å². The van der Waals surface area contributed by atoms with Gasteiger partial charge in [-0.05, 0) is 78.9 Å². The van der Waals surface area contributed by atoms with Crippen molar-refractivity contribution in [2.24, 2.45) is 0 Å². The van der Waals surface area contributed by atoms with Gasteiger partial charge in [-0.3, -0.25) is 4.98 Å². The molecule has 1 aliphatic heterocycles. The minimum absolute atomic E-state index is 0.127. The van der Waals surface area contributed by atoms with Gasteiger partial charge >= 0.3 is 0 Å². The Balaban J connectivity index is 1.67. The van der Waals surface area contributed by atoms with Crippen LogP contribution in [-0.2, 0) is 0 Å². The van der Waals surface area contributed by atoms with Crippen LogP contribution in [0.3, 0.4) is 0 Å². The molecule has 154 valence electrons. The molecule has 1 N–H and O–H groups in total. The predicted molar refractivity (Wildman–Crippen MR) is 130 cm³/mol. The Kier molecular flexibility index (Phi) is 5.40. The second kappa shape index (κ2) is 8.35. The maximum atomic E-state index is 6.28. The van der Waals surface area contributed by atoms with Crippen LogP contribution in [-0.4, -0.2) is 14.7 Å². The number of nitrogens with zero attached hydrogens (tertiary/aromatic N) is 3. The minimum Gasteiger partial charge on any atom is -0.351 e. The molecule has 7 heteroatoms. The van der Waals surface area contributed by atoms with Crippen molar-refractivity contribution in [3.8, 4) is 5.69 Å². The normalized spacial score (nSPS) is 18.3. The van der Waals surface area contributed by atoms with Gasteiger partial charge in [0.2, 0.25) is 0 Å². The molecule has 1 saturated heterocycles. The monoisotopic (exact) mass is 464 g/mol. The second-order valence-electron chi connectivity index (χ2n) is 7.26. The number of anilines is 1.